The molecule has 0 amide bonds. The summed E-state index contributed by atoms with van der Waals surface area (Å²) >= 11 is 1.41. The van der Waals surface area contributed by atoms with E-state index in [0.717, 1.165) is 25.7 Å². The molecule has 6 nitrogen and oxygen atoms in total. The van der Waals surface area contributed by atoms with E-state index >= 15 is 0 Å². The van der Waals surface area contributed by atoms with Gasteiger partial charge in [0.1, 0.15) is 4.83 Å². The van der Waals surface area contributed by atoms with E-state index in [1.165, 1.54) is 33.0 Å². The van der Waals surface area contributed by atoms with Crippen LogP contribution in [0, 0.1) is 0 Å². The summed E-state index contributed by atoms with van der Waals surface area (Å²) < 4.78 is 27.9. The van der Waals surface area contributed by atoms with E-state index < -0.39 is 10.0 Å². The number of thiophene rings is 1. The van der Waals surface area contributed by atoms with E-state index in [1.54, 1.807) is 13.1 Å². The van der Waals surface area contributed by atoms with E-state index in [2.05, 4.69) is 4.98 Å². The average Bonchev–Trinajstić information content (AvgIpc) is 3.04. The zero-order valence-electron chi connectivity index (χ0n) is 13.1. The normalized spacial score (nSPS) is 17.1. The Morgan fingerprint density at radius 1 is 1.35 bits per heavy atom. The highest BCUT2D eigenvalue weighted by Gasteiger charge is 2.27. The predicted molar refractivity (Wildman–Crippen MR) is 92.3 cm³/mol. The molecule has 0 bridgehead atoms. The standard InChI is InChI=1S/C15H21N3O3S2/c1-17(12-5-3-2-4-6-12)23(20,21)10-8-18-11-16-14-13(15(18)19)7-9-22-14/h7,9,11-12H,2-6,8,10H2,1H3. The van der Waals surface area contributed by atoms with Crippen molar-refractivity contribution < 1.29 is 8.42 Å². The van der Waals surface area contributed by atoms with Gasteiger partial charge < -0.3 is 0 Å². The number of fused-ring (bicyclic) bond motifs is 1. The van der Waals surface area contributed by atoms with Crippen LogP contribution in [0.4, 0.5) is 0 Å². The van der Waals surface area contributed by atoms with Gasteiger partial charge in [-0.15, -0.1) is 11.3 Å². The molecule has 0 saturated heterocycles. The smallest absolute Gasteiger partial charge is 0.262 e. The van der Waals surface area contributed by atoms with Crippen LogP contribution in [0.1, 0.15) is 32.1 Å². The third-order valence-corrected chi connectivity index (χ3v) is 7.26. The minimum absolute atomic E-state index is 0.0722. The lowest BCUT2D eigenvalue weighted by Crippen LogP contribution is -2.40. The van der Waals surface area contributed by atoms with Crippen LogP contribution < -0.4 is 5.56 Å². The van der Waals surface area contributed by atoms with Crippen LogP contribution >= 0.6 is 11.3 Å². The lowest BCUT2D eigenvalue weighted by Gasteiger charge is -2.30. The fourth-order valence-electron chi connectivity index (χ4n) is 3.08. The average molecular weight is 355 g/mol. The van der Waals surface area contributed by atoms with Crippen LogP contribution in [0.3, 0.4) is 0 Å². The van der Waals surface area contributed by atoms with Crippen molar-refractivity contribution in [3.63, 3.8) is 0 Å². The first-order chi connectivity index (χ1) is 11.0. The van der Waals surface area contributed by atoms with E-state index in [4.69, 9.17) is 0 Å². The van der Waals surface area contributed by atoms with Gasteiger partial charge in [0.25, 0.3) is 5.56 Å². The fraction of sp³-hybridized carbons (Fsp3) is 0.600. The van der Waals surface area contributed by atoms with Gasteiger partial charge in [0.05, 0.1) is 17.5 Å². The number of nitrogens with zero attached hydrogens (tertiary/aromatic N) is 3. The van der Waals surface area contributed by atoms with Gasteiger partial charge in [0, 0.05) is 19.6 Å². The topological polar surface area (TPSA) is 72.3 Å². The summed E-state index contributed by atoms with van der Waals surface area (Å²) in [7, 11) is -1.71. The first-order valence-corrected chi connectivity index (χ1v) is 10.4. The summed E-state index contributed by atoms with van der Waals surface area (Å²) in [6.45, 7) is 0.136. The molecule has 23 heavy (non-hydrogen) atoms. The van der Waals surface area contributed by atoms with Crippen molar-refractivity contribution in [3.8, 4) is 0 Å². The molecule has 0 aromatic carbocycles. The second-order valence-electron chi connectivity index (χ2n) is 6.01. The number of sulfonamides is 1. The largest absolute Gasteiger partial charge is 0.298 e. The first-order valence-electron chi connectivity index (χ1n) is 7.87. The minimum atomic E-state index is -3.37. The van der Waals surface area contributed by atoms with Gasteiger partial charge in [0.2, 0.25) is 10.0 Å². The van der Waals surface area contributed by atoms with Crippen molar-refractivity contribution in [1.29, 1.82) is 0 Å². The molecule has 2 aromatic heterocycles. The quantitative estimate of drug-likeness (QED) is 0.823. The summed E-state index contributed by atoms with van der Waals surface area (Å²) in [5, 5.41) is 2.37. The Bertz CT molecular complexity index is 835. The molecule has 1 fully saturated rings. The molecule has 1 aliphatic carbocycles. The highest BCUT2D eigenvalue weighted by atomic mass is 32.2. The van der Waals surface area contributed by atoms with Gasteiger partial charge in [0.15, 0.2) is 0 Å². The molecule has 2 heterocycles. The first kappa shape index (κ1) is 16.6. The number of hydrogen-bond acceptors (Lipinski definition) is 5. The molecular weight excluding hydrogens is 334 g/mol. The van der Waals surface area contributed by atoms with Gasteiger partial charge in [-0.1, -0.05) is 19.3 Å². The van der Waals surface area contributed by atoms with E-state index in [0.29, 0.717) is 10.2 Å². The molecule has 0 radical (unpaired) electrons. The summed E-state index contributed by atoms with van der Waals surface area (Å²) in [6, 6.07) is 1.83. The van der Waals surface area contributed by atoms with Crippen LogP contribution in [-0.2, 0) is 16.6 Å². The van der Waals surface area contributed by atoms with Crippen molar-refractivity contribution in [2.24, 2.45) is 0 Å². The number of rotatable bonds is 5. The lowest BCUT2D eigenvalue weighted by atomic mass is 9.96. The summed E-state index contributed by atoms with van der Waals surface area (Å²) in [4.78, 5) is 17.2. The van der Waals surface area contributed by atoms with Crippen molar-refractivity contribution in [1.82, 2.24) is 13.9 Å². The molecule has 0 unspecified atom stereocenters. The Kier molecular flexibility index (Phi) is 4.84. The zero-order chi connectivity index (χ0) is 16.4. The highest BCUT2D eigenvalue weighted by Crippen LogP contribution is 2.23. The minimum Gasteiger partial charge on any atom is -0.298 e. The van der Waals surface area contributed by atoms with Crippen LogP contribution in [0.15, 0.2) is 22.6 Å². The zero-order valence-corrected chi connectivity index (χ0v) is 14.8. The van der Waals surface area contributed by atoms with Crippen LogP contribution in [0.25, 0.3) is 10.2 Å². The van der Waals surface area contributed by atoms with Gasteiger partial charge in [-0.2, -0.15) is 0 Å². The van der Waals surface area contributed by atoms with E-state index in [-0.39, 0.29) is 23.9 Å². The maximum absolute atomic E-state index is 12.5. The Hall–Kier alpha value is -1.25. The molecular formula is C15H21N3O3S2. The number of aromatic nitrogens is 2. The van der Waals surface area contributed by atoms with Crippen molar-refractivity contribution in [3.05, 3.63) is 28.1 Å². The van der Waals surface area contributed by atoms with Gasteiger partial charge >= 0.3 is 0 Å². The molecule has 2 aromatic rings. The van der Waals surface area contributed by atoms with Crippen LogP contribution in [0.5, 0.6) is 0 Å². The number of aryl methyl sites for hydroxylation is 1. The van der Waals surface area contributed by atoms with Gasteiger partial charge in [-0.05, 0) is 24.3 Å². The Labute approximate surface area is 139 Å². The maximum atomic E-state index is 12.5. The third kappa shape index (κ3) is 3.49. The Morgan fingerprint density at radius 2 is 2.09 bits per heavy atom. The van der Waals surface area contributed by atoms with E-state index in [9.17, 15) is 13.2 Å². The van der Waals surface area contributed by atoms with Gasteiger partial charge in [-0.3, -0.25) is 9.36 Å². The van der Waals surface area contributed by atoms with Crippen molar-refractivity contribution >= 4 is 31.6 Å². The molecule has 0 spiro atoms. The second-order valence-corrected chi connectivity index (χ2v) is 9.05. The summed E-state index contributed by atoms with van der Waals surface area (Å²) in [5.74, 6) is -0.0722. The van der Waals surface area contributed by atoms with Crippen molar-refractivity contribution in [2.45, 2.75) is 44.7 Å². The Morgan fingerprint density at radius 3 is 2.83 bits per heavy atom. The van der Waals surface area contributed by atoms with Crippen molar-refractivity contribution in [2.75, 3.05) is 12.8 Å². The fourth-order valence-corrected chi connectivity index (χ4v) is 5.19. The molecule has 0 N–H and O–H groups in total. The summed E-state index contributed by atoms with van der Waals surface area (Å²) in [6.07, 6.45) is 6.66. The van der Waals surface area contributed by atoms with Crippen LogP contribution in [0.2, 0.25) is 0 Å². The molecule has 1 saturated carbocycles. The SMILES string of the molecule is CN(C1CCCCC1)S(=O)(=O)CCn1cnc2sccc2c1=O. The monoisotopic (exact) mass is 355 g/mol. The van der Waals surface area contributed by atoms with Gasteiger partial charge in [-0.25, -0.2) is 17.7 Å². The summed E-state index contributed by atoms with van der Waals surface area (Å²) in [5.41, 5.74) is -0.174. The van der Waals surface area contributed by atoms with Crippen LogP contribution in [-0.4, -0.2) is 41.1 Å². The van der Waals surface area contributed by atoms with E-state index in [1.807, 2.05) is 5.38 Å². The molecule has 0 atom stereocenters. The highest BCUT2D eigenvalue weighted by molar-refractivity contribution is 7.89. The molecule has 126 valence electrons. The molecule has 8 heteroatoms. The molecule has 3 rings (SSSR count). The second kappa shape index (κ2) is 6.70. The molecule has 1 aliphatic rings. The Balaban J connectivity index is 1.72. The third-order valence-electron chi connectivity index (χ3n) is 4.57. The predicted octanol–water partition coefficient (Wildman–Crippen LogP) is 2.05. The maximum Gasteiger partial charge on any atom is 0.262 e. The number of hydrogen-bond donors (Lipinski definition) is 0. The molecule has 0 aliphatic heterocycles. The lowest BCUT2D eigenvalue weighted by molar-refractivity contribution is 0.285.